The Morgan fingerprint density at radius 3 is 2.94 bits per heavy atom. The van der Waals surface area contributed by atoms with Gasteiger partial charge < -0.3 is 15.4 Å². The number of aromatic nitrogens is 1. The maximum atomic E-state index is 5.91. The third kappa shape index (κ3) is 2.58. The fourth-order valence-electron chi connectivity index (χ4n) is 2.15. The summed E-state index contributed by atoms with van der Waals surface area (Å²) in [6.45, 7) is 8.70. The molecule has 1 aliphatic heterocycles. The van der Waals surface area contributed by atoms with E-state index < -0.39 is 0 Å². The lowest BCUT2D eigenvalue weighted by Crippen LogP contribution is -2.53. The van der Waals surface area contributed by atoms with E-state index in [1.165, 1.54) is 0 Å². The van der Waals surface area contributed by atoms with Crippen molar-refractivity contribution >= 4 is 5.82 Å². The molecule has 1 aliphatic rings. The summed E-state index contributed by atoms with van der Waals surface area (Å²) in [7, 11) is 0. The molecule has 0 bridgehead atoms. The first kappa shape index (κ1) is 12.3. The Morgan fingerprint density at radius 2 is 2.29 bits per heavy atom. The van der Waals surface area contributed by atoms with Crippen LogP contribution in [0.25, 0.3) is 0 Å². The number of hydrogen-bond acceptors (Lipinski definition) is 4. The Morgan fingerprint density at radius 1 is 1.53 bits per heavy atom. The van der Waals surface area contributed by atoms with Crippen LogP contribution in [0.15, 0.2) is 18.3 Å². The lowest BCUT2D eigenvalue weighted by Gasteiger charge is -2.43. The zero-order valence-electron chi connectivity index (χ0n) is 10.8. The van der Waals surface area contributed by atoms with Gasteiger partial charge in [0.25, 0.3) is 0 Å². The van der Waals surface area contributed by atoms with E-state index >= 15 is 0 Å². The maximum Gasteiger partial charge on any atom is 0.129 e. The molecule has 1 aromatic rings. The number of pyridine rings is 1. The van der Waals surface area contributed by atoms with Crippen molar-refractivity contribution in [3.05, 3.63) is 23.9 Å². The molecule has 0 aromatic carbocycles. The molecule has 4 heteroatoms. The second-order valence-corrected chi connectivity index (χ2v) is 5.25. The molecule has 1 saturated heterocycles. The van der Waals surface area contributed by atoms with E-state index in [9.17, 15) is 0 Å². The van der Waals surface area contributed by atoms with Crippen LogP contribution in [0.1, 0.15) is 32.4 Å². The molecule has 0 aliphatic carbocycles. The summed E-state index contributed by atoms with van der Waals surface area (Å²) in [6, 6.07) is 4.10. The lowest BCUT2D eigenvalue weighted by atomic mass is 10.0. The third-order valence-electron chi connectivity index (χ3n) is 3.22. The van der Waals surface area contributed by atoms with Gasteiger partial charge in [0.15, 0.2) is 0 Å². The van der Waals surface area contributed by atoms with Gasteiger partial charge in [-0.25, -0.2) is 4.98 Å². The van der Waals surface area contributed by atoms with Crippen molar-refractivity contribution in [1.82, 2.24) is 4.98 Å². The average molecular weight is 235 g/mol. The van der Waals surface area contributed by atoms with Gasteiger partial charge in [0.05, 0.1) is 18.8 Å². The molecular weight excluding hydrogens is 214 g/mol. The van der Waals surface area contributed by atoms with Crippen molar-refractivity contribution in [2.24, 2.45) is 5.73 Å². The van der Waals surface area contributed by atoms with Crippen LogP contribution in [-0.4, -0.2) is 30.3 Å². The number of hydrogen-bond donors (Lipinski definition) is 1. The van der Waals surface area contributed by atoms with Crippen LogP contribution < -0.4 is 10.6 Å². The van der Waals surface area contributed by atoms with Crippen molar-refractivity contribution in [3.63, 3.8) is 0 Å². The average Bonchev–Trinajstić information content (AvgIpc) is 2.28. The van der Waals surface area contributed by atoms with Gasteiger partial charge in [-0.05, 0) is 38.5 Å². The summed E-state index contributed by atoms with van der Waals surface area (Å²) < 4.78 is 5.52. The fraction of sp³-hybridized carbons (Fsp3) is 0.615. The number of anilines is 1. The topological polar surface area (TPSA) is 51.4 Å². The predicted octanol–water partition coefficient (Wildman–Crippen LogP) is 1.72. The molecule has 0 spiro atoms. The van der Waals surface area contributed by atoms with Gasteiger partial charge in [-0.1, -0.05) is 0 Å². The Hall–Kier alpha value is -1.13. The minimum Gasteiger partial charge on any atom is -0.377 e. The Bertz CT molecular complexity index is 390. The summed E-state index contributed by atoms with van der Waals surface area (Å²) in [5.74, 6) is 0.994. The molecule has 1 fully saturated rings. The standard InChI is InChI=1S/C13H21N3O/c1-10(14)11-4-5-15-12(8-11)16-6-7-17-9-13(16,2)3/h4-5,8,10H,6-7,9,14H2,1-3H3/t10-/m1/s1. The van der Waals surface area contributed by atoms with Gasteiger partial charge in [-0.3, -0.25) is 0 Å². The zero-order valence-corrected chi connectivity index (χ0v) is 10.8. The fourth-order valence-corrected chi connectivity index (χ4v) is 2.15. The third-order valence-corrected chi connectivity index (χ3v) is 3.22. The van der Waals surface area contributed by atoms with Gasteiger partial charge in [-0.15, -0.1) is 0 Å². The van der Waals surface area contributed by atoms with Crippen molar-refractivity contribution in [2.45, 2.75) is 32.4 Å². The van der Waals surface area contributed by atoms with Crippen LogP contribution in [0.5, 0.6) is 0 Å². The molecule has 0 unspecified atom stereocenters. The van der Waals surface area contributed by atoms with E-state index in [-0.39, 0.29) is 11.6 Å². The number of morpholine rings is 1. The maximum absolute atomic E-state index is 5.91. The molecular formula is C13H21N3O. The van der Waals surface area contributed by atoms with Crippen LogP contribution in [0, 0.1) is 0 Å². The van der Waals surface area contributed by atoms with Gasteiger partial charge in [0.2, 0.25) is 0 Å². The van der Waals surface area contributed by atoms with E-state index in [4.69, 9.17) is 10.5 Å². The molecule has 1 aromatic heterocycles. The monoisotopic (exact) mass is 235 g/mol. The highest BCUT2D eigenvalue weighted by Crippen LogP contribution is 2.26. The largest absolute Gasteiger partial charge is 0.377 e. The zero-order chi connectivity index (χ0) is 12.5. The number of nitrogens with two attached hydrogens (primary N) is 1. The molecule has 4 nitrogen and oxygen atoms in total. The van der Waals surface area contributed by atoms with Gasteiger partial charge in [0, 0.05) is 18.8 Å². The van der Waals surface area contributed by atoms with Crippen LogP contribution in [-0.2, 0) is 4.74 Å². The second kappa shape index (κ2) is 4.63. The van der Waals surface area contributed by atoms with E-state index in [1.54, 1.807) is 0 Å². The summed E-state index contributed by atoms with van der Waals surface area (Å²) in [5, 5.41) is 0. The summed E-state index contributed by atoms with van der Waals surface area (Å²) in [6.07, 6.45) is 1.83. The smallest absolute Gasteiger partial charge is 0.129 e. The van der Waals surface area contributed by atoms with E-state index in [1.807, 2.05) is 19.2 Å². The predicted molar refractivity (Wildman–Crippen MR) is 69.1 cm³/mol. The first-order valence-corrected chi connectivity index (χ1v) is 6.07. The van der Waals surface area contributed by atoms with Crippen LogP contribution in [0.2, 0.25) is 0 Å². The molecule has 94 valence electrons. The molecule has 0 saturated carbocycles. The molecule has 0 radical (unpaired) electrons. The van der Waals surface area contributed by atoms with Crippen LogP contribution >= 0.6 is 0 Å². The van der Waals surface area contributed by atoms with Crippen molar-refractivity contribution < 1.29 is 4.74 Å². The number of ether oxygens (including phenoxy) is 1. The summed E-state index contributed by atoms with van der Waals surface area (Å²) >= 11 is 0. The first-order chi connectivity index (χ1) is 8.00. The molecule has 2 N–H and O–H groups in total. The number of rotatable bonds is 2. The minimum absolute atomic E-state index is 0.0122. The highest BCUT2D eigenvalue weighted by Gasteiger charge is 2.31. The van der Waals surface area contributed by atoms with Gasteiger partial charge in [0.1, 0.15) is 5.82 Å². The quantitative estimate of drug-likeness (QED) is 0.848. The van der Waals surface area contributed by atoms with Gasteiger partial charge in [-0.2, -0.15) is 0 Å². The minimum atomic E-state index is -0.0122. The van der Waals surface area contributed by atoms with E-state index in [0.29, 0.717) is 0 Å². The van der Waals surface area contributed by atoms with E-state index in [0.717, 1.165) is 31.1 Å². The van der Waals surface area contributed by atoms with Crippen molar-refractivity contribution in [2.75, 3.05) is 24.7 Å². The molecule has 17 heavy (non-hydrogen) atoms. The molecule has 1 atom stereocenters. The molecule has 2 heterocycles. The highest BCUT2D eigenvalue weighted by atomic mass is 16.5. The highest BCUT2D eigenvalue weighted by molar-refractivity contribution is 5.45. The van der Waals surface area contributed by atoms with Crippen molar-refractivity contribution in [3.8, 4) is 0 Å². The summed E-state index contributed by atoms with van der Waals surface area (Å²) in [4.78, 5) is 6.75. The number of nitrogens with zero attached hydrogens (tertiary/aromatic N) is 2. The Balaban J connectivity index is 2.29. The Kier molecular flexibility index (Phi) is 3.35. The first-order valence-electron chi connectivity index (χ1n) is 6.07. The summed E-state index contributed by atoms with van der Waals surface area (Å²) in [5.41, 5.74) is 7.02. The SMILES string of the molecule is C[C@@H](N)c1ccnc(N2CCOCC2(C)C)c1. The molecule has 0 amide bonds. The van der Waals surface area contributed by atoms with Crippen LogP contribution in [0.3, 0.4) is 0 Å². The lowest BCUT2D eigenvalue weighted by molar-refractivity contribution is 0.0639. The van der Waals surface area contributed by atoms with E-state index in [2.05, 4.69) is 29.8 Å². The van der Waals surface area contributed by atoms with Crippen molar-refractivity contribution in [1.29, 1.82) is 0 Å². The normalized spacial score (nSPS) is 21.3. The van der Waals surface area contributed by atoms with Gasteiger partial charge >= 0.3 is 0 Å². The van der Waals surface area contributed by atoms with Crippen LogP contribution in [0.4, 0.5) is 5.82 Å². The Labute approximate surface area is 103 Å². The molecule has 2 rings (SSSR count). The second-order valence-electron chi connectivity index (χ2n) is 5.25.